The smallest absolute Gasteiger partial charge is 0.348 e. The molecule has 0 fully saturated rings. The van der Waals surface area contributed by atoms with E-state index in [2.05, 4.69) is 5.32 Å². The monoisotopic (exact) mass is 357 g/mol. The summed E-state index contributed by atoms with van der Waals surface area (Å²) in [5.74, 6) is -0.727. The lowest BCUT2D eigenvalue weighted by atomic mass is 10.1. The van der Waals surface area contributed by atoms with Crippen molar-refractivity contribution in [1.82, 2.24) is 0 Å². The summed E-state index contributed by atoms with van der Waals surface area (Å²) in [6.45, 7) is 3.63. The first-order valence-electron chi connectivity index (χ1n) is 8.69. The molecule has 5 heteroatoms. The van der Waals surface area contributed by atoms with Crippen LogP contribution in [0.1, 0.15) is 50.5 Å². The molecular weight excluding hydrogens is 334 g/mol. The molecule has 0 bridgehead atoms. The molecule has 132 valence electrons. The number of nitrogens with one attached hydrogen (secondary N) is 1. The van der Waals surface area contributed by atoms with Gasteiger partial charge in [0.1, 0.15) is 4.88 Å². The van der Waals surface area contributed by atoms with Crippen molar-refractivity contribution in [2.45, 2.75) is 46.0 Å². The lowest BCUT2D eigenvalue weighted by Crippen LogP contribution is -2.21. The van der Waals surface area contributed by atoms with Gasteiger partial charge >= 0.3 is 5.97 Å². The topological polar surface area (TPSA) is 55.4 Å². The number of ether oxygens (including phenoxy) is 1. The summed E-state index contributed by atoms with van der Waals surface area (Å²) in [6.07, 6.45) is 5.68. The molecule has 0 radical (unpaired) electrons. The molecule has 1 amide bonds. The number of esters is 1. The molecule has 0 atom stereocenters. The number of carbonyl (C=O) groups is 2. The molecule has 0 aliphatic heterocycles. The van der Waals surface area contributed by atoms with Crippen LogP contribution in [-0.4, -0.2) is 18.5 Å². The third-order valence-electron chi connectivity index (χ3n) is 4.45. The van der Waals surface area contributed by atoms with Crippen LogP contribution >= 0.6 is 11.3 Å². The lowest BCUT2D eigenvalue weighted by Gasteiger charge is -2.09. The zero-order valence-electron chi connectivity index (χ0n) is 14.7. The van der Waals surface area contributed by atoms with E-state index in [1.54, 1.807) is 0 Å². The summed E-state index contributed by atoms with van der Waals surface area (Å²) >= 11 is 1.51. The van der Waals surface area contributed by atoms with E-state index >= 15 is 0 Å². The first-order valence-corrected chi connectivity index (χ1v) is 9.50. The fourth-order valence-electron chi connectivity index (χ4n) is 3.03. The molecular formula is C20H23NO3S. The van der Waals surface area contributed by atoms with Gasteiger partial charge in [0.2, 0.25) is 0 Å². The zero-order chi connectivity index (χ0) is 17.8. The molecule has 1 aliphatic carbocycles. The van der Waals surface area contributed by atoms with Crippen molar-refractivity contribution in [3.8, 4) is 0 Å². The molecule has 1 aromatic carbocycles. The fraction of sp³-hybridized carbons (Fsp3) is 0.400. The Kier molecular flexibility index (Phi) is 5.53. The minimum absolute atomic E-state index is 0.269. The largest absolute Gasteiger partial charge is 0.451 e. The Morgan fingerprint density at radius 2 is 1.92 bits per heavy atom. The summed E-state index contributed by atoms with van der Waals surface area (Å²) in [5.41, 5.74) is 4.07. The van der Waals surface area contributed by atoms with Crippen LogP contribution in [0.2, 0.25) is 0 Å². The number of fused-ring (bicyclic) bond motifs is 1. The van der Waals surface area contributed by atoms with E-state index in [1.165, 1.54) is 41.0 Å². The minimum atomic E-state index is -0.408. The summed E-state index contributed by atoms with van der Waals surface area (Å²) in [4.78, 5) is 26.2. The first kappa shape index (κ1) is 17.7. The Hall–Kier alpha value is -2.14. The van der Waals surface area contributed by atoms with Crippen LogP contribution in [0.25, 0.3) is 0 Å². The number of amides is 1. The third kappa shape index (κ3) is 4.48. The van der Waals surface area contributed by atoms with E-state index in [0.717, 1.165) is 29.7 Å². The van der Waals surface area contributed by atoms with Gasteiger partial charge in [0, 0.05) is 10.6 Å². The number of benzene rings is 1. The van der Waals surface area contributed by atoms with Gasteiger partial charge in [0.25, 0.3) is 5.91 Å². The van der Waals surface area contributed by atoms with E-state index < -0.39 is 5.97 Å². The maximum Gasteiger partial charge on any atom is 0.348 e. The zero-order valence-corrected chi connectivity index (χ0v) is 15.5. The van der Waals surface area contributed by atoms with Crippen molar-refractivity contribution in [2.75, 3.05) is 11.9 Å². The van der Waals surface area contributed by atoms with Crippen molar-refractivity contribution in [3.63, 3.8) is 0 Å². The Morgan fingerprint density at radius 3 is 2.76 bits per heavy atom. The molecule has 2 aromatic rings. The van der Waals surface area contributed by atoms with Crippen molar-refractivity contribution in [2.24, 2.45) is 0 Å². The maximum absolute atomic E-state index is 12.2. The second-order valence-corrected chi connectivity index (χ2v) is 7.70. The van der Waals surface area contributed by atoms with E-state index in [1.807, 2.05) is 38.1 Å². The van der Waals surface area contributed by atoms with Gasteiger partial charge in [-0.15, -0.1) is 11.3 Å². The highest BCUT2D eigenvalue weighted by molar-refractivity contribution is 7.14. The van der Waals surface area contributed by atoms with Crippen LogP contribution in [0.3, 0.4) is 0 Å². The molecule has 25 heavy (non-hydrogen) atoms. The lowest BCUT2D eigenvalue weighted by molar-refractivity contribution is -0.119. The Balaban J connectivity index is 1.57. The van der Waals surface area contributed by atoms with E-state index in [4.69, 9.17) is 4.74 Å². The van der Waals surface area contributed by atoms with Crippen LogP contribution in [0.4, 0.5) is 5.69 Å². The molecule has 1 aromatic heterocycles. The van der Waals surface area contributed by atoms with Gasteiger partial charge in [0.05, 0.1) is 0 Å². The average molecular weight is 357 g/mol. The molecule has 3 rings (SSSR count). The SMILES string of the molecule is Cc1ccc(C)c(NC(=O)COC(=O)c2cc3c(s2)CCCCC3)c1. The molecule has 1 aliphatic rings. The Bertz CT molecular complexity index is 771. The third-order valence-corrected chi connectivity index (χ3v) is 5.67. The normalized spacial score (nSPS) is 13.7. The molecule has 0 saturated carbocycles. The van der Waals surface area contributed by atoms with Crippen LogP contribution in [-0.2, 0) is 22.4 Å². The quantitative estimate of drug-likeness (QED) is 0.650. The number of anilines is 1. The average Bonchev–Trinajstić information content (AvgIpc) is 2.87. The number of thiophene rings is 1. The van der Waals surface area contributed by atoms with Gasteiger partial charge in [-0.1, -0.05) is 18.6 Å². The minimum Gasteiger partial charge on any atom is -0.451 e. The van der Waals surface area contributed by atoms with Crippen molar-refractivity contribution in [1.29, 1.82) is 0 Å². The number of hydrogen-bond acceptors (Lipinski definition) is 4. The molecule has 0 saturated heterocycles. The standard InChI is InChI=1S/C20H23NO3S/c1-13-8-9-14(2)16(10-13)21-19(22)12-24-20(23)18-11-15-6-4-3-5-7-17(15)25-18/h8-11H,3-7,12H2,1-2H3,(H,21,22). The Labute approximate surface area is 152 Å². The first-order chi connectivity index (χ1) is 12.0. The van der Waals surface area contributed by atoms with Crippen molar-refractivity contribution < 1.29 is 14.3 Å². The second-order valence-electron chi connectivity index (χ2n) is 6.56. The van der Waals surface area contributed by atoms with Crippen LogP contribution < -0.4 is 5.32 Å². The van der Waals surface area contributed by atoms with Crippen LogP contribution in [0.15, 0.2) is 24.3 Å². The summed E-state index contributed by atoms with van der Waals surface area (Å²) in [6, 6.07) is 7.79. The Morgan fingerprint density at radius 1 is 1.12 bits per heavy atom. The molecule has 0 spiro atoms. The number of carbonyl (C=O) groups excluding carboxylic acids is 2. The highest BCUT2D eigenvalue weighted by Crippen LogP contribution is 2.29. The van der Waals surface area contributed by atoms with Gasteiger partial charge in [-0.05, 0) is 68.4 Å². The van der Waals surface area contributed by atoms with Gasteiger partial charge in [-0.2, -0.15) is 0 Å². The van der Waals surface area contributed by atoms with E-state index in [9.17, 15) is 9.59 Å². The molecule has 0 unspecified atom stereocenters. The number of hydrogen-bond donors (Lipinski definition) is 1. The predicted octanol–water partition coefficient (Wildman–Crippen LogP) is 4.43. The van der Waals surface area contributed by atoms with Crippen molar-refractivity contribution >= 4 is 28.9 Å². The summed E-state index contributed by atoms with van der Waals surface area (Å²) in [7, 11) is 0. The van der Waals surface area contributed by atoms with Gasteiger partial charge in [-0.25, -0.2) is 4.79 Å². The van der Waals surface area contributed by atoms with E-state index in [-0.39, 0.29) is 12.5 Å². The van der Waals surface area contributed by atoms with Gasteiger partial charge in [-0.3, -0.25) is 4.79 Å². The fourth-order valence-corrected chi connectivity index (χ4v) is 4.17. The summed E-state index contributed by atoms with van der Waals surface area (Å²) < 4.78 is 5.20. The second kappa shape index (κ2) is 7.83. The highest BCUT2D eigenvalue weighted by Gasteiger charge is 2.18. The number of aryl methyl sites for hydroxylation is 4. The van der Waals surface area contributed by atoms with Crippen LogP contribution in [0, 0.1) is 13.8 Å². The van der Waals surface area contributed by atoms with E-state index in [0.29, 0.717) is 4.88 Å². The molecule has 4 nitrogen and oxygen atoms in total. The van der Waals surface area contributed by atoms with Crippen molar-refractivity contribution in [3.05, 3.63) is 50.7 Å². The van der Waals surface area contributed by atoms with Crippen LogP contribution in [0.5, 0.6) is 0 Å². The van der Waals surface area contributed by atoms with Gasteiger partial charge < -0.3 is 10.1 Å². The molecule has 1 N–H and O–H groups in total. The predicted molar refractivity (Wildman–Crippen MR) is 100 cm³/mol. The number of rotatable bonds is 4. The summed E-state index contributed by atoms with van der Waals surface area (Å²) in [5, 5.41) is 2.80. The maximum atomic E-state index is 12.2. The highest BCUT2D eigenvalue weighted by atomic mass is 32.1. The van der Waals surface area contributed by atoms with Gasteiger partial charge in [0.15, 0.2) is 6.61 Å². The molecule has 1 heterocycles.